The first-order chi connectivity index (χ1) is 7.83. The molecule has 0 bridgehead atoms. The third kappa shape index (κ3) is 3.51. The Morgan fingerprint density at radius 3 is 2.44 bits per heavy atom. The van der Waals surface area contributed by atoms with Crippen molar-refractivity contribution >= 4 is 28.3 Å². The maximum Gasteiger partial charge on any atom is 0.162 e. The number of benzene rings is 1. The SMILES string of the molecule is COc1cc(Br)cc([C@@H](N)C(C)(C)CO)c1O.Cl. The lowest BCUT2D eigenvalue weighted by Crippen LogP contribution is -2.32. The largest absolute Gasteiger partial charge is 0.504 e. The number of hydrogen-bond acceptors (Lipinski definition) is 4. The molecule has 0 heterocycles. The molecule has 6 heteroatoms. The summed E-state index contributed by atoms with van der Waals surface area (Å²) in [5, 5.41) is 19.3. The number of halogens is 2. The molecule has 104 valence electrons. The number of rotatable bonds is 4. The van der Waals surface area contributed by atoms with Gasteiger partial charge < -0.3 is 20.7 Å². The van der Waals surface area contributed by atoms with Gasteiger partial charge in [0.15, 0.2) is 11.5 Å². The van der Waals surface area contributed by atoms with Gasteiger partial charge >= 0.3 is 0 Å². The summed E-state index contributed by atoms with van der Waals surface area (Å²) in [5.41, 5.74) is 6.11. The fraction of sp³-hybridized carbons (Fsp3) is 0.500. The Bertz CT molecular complexity index is 413. The average molecular weight is 341 g/mol. The number of hydrogen-bond donors (Lipinski definition) is 3. The second-order valence-corrected chi connectivity index (χ2v) is 5.59. The van der Waals surface area contributed by atoms with Crippen molar-refractivity contribution in [2.75, 3.05) is 13.7 Å². The van der Waals surface area contributed by atoms with Crippen LogP contribution in [0, 0.1) is 5.41 Å². The van der Waals surface area contributed by atoms with Crippen LogP contribution in [0.5, 0.6) is 11.5 Å². The van der Waals surface area contributed by atoms with Crippen LogP contribution in [0.4, 0.5) is 0 Å². The van der Waals surface area contributed by atoms with Gasteiger partial charge in [0, 0.05) is 28.1 Å². The number of aromatic hydroxyl groups is 1. The van der Waals surface area contributed by atoms with Gasteiger partial charge in [-0.15, -0.1) is 12.4 Å². The zero-order valence-electron chi connectivity index (χ0n) is 10.6. The lowest BCUT2D eigenvalue weighted by Gasteiger charge is -2.30. The lowest BCUT2D eigenvalue weighted by atomic mass is 9.81. The van der Waals surface area contributed by atoms with Gasteiger partial charge in [-0.05, 0) is 12.1 Å². The van der Waals surface area contributed by atoms with Crippen molar-refractivity contribution in [3.63, 3.8) is 0 Å². The van der Waals surface area contributed by atoms with Crippen LogP contribution in [0.3, 0.4) is 0 Å². The molecule has 0 aromatic heterocycles. The van der Waals surface area contributed by atoms with E-state index in [0.29, 0.717) is 11.3 Å². The smallest absolute Gasteiger partial charge is 0.162 e. The molecule has 1 aromatic carbocycles. The Morgan fingerprint density at radius 1 is 1.44 bits per heavy atom. The first-order valence-corrected chi connectivity index (χ1v) is 6.05. The van der Waals surface area contributed by atoms with Crippen LogP contribution in [0.15, 0.2) is 16.6 Å². The zero-order valence-corrected chi connectivity index (χ0v) is 13.0. The van der Waals surface area contributed by atoms with E-state index in [4.69, 9.17) is 10.5 Å². The Kier molecular flexibility index (Phi) is 6.43. The summed E-state index contributed by atoms with van der Waals surface area (Å²) in [6.45, 7) is 3.61. The maximum atomic E-state index is 10.0. The van der Waals surface area contributed by atoms with Crippen LogP contribution in [0.1, 0.15) is 25.5 Å². The number of aliphatic hydroxyl groups excluding tert-OH is 1. The normalized spacial score (nSPS) is 12.8. The minimum absolute atomic E-state index is 0. The first kappa shape index (κ1) is 17.5. The highest BCUT2D eigenvalue weighted by Gasteiger charge is 2.30. The molecular weight excluding hydrogens is 321 g/mol. The minimum atomic E-state index is -0.525. The van der Waals surface area contributed by atoms with E-state index in [-0.39, 0.29) is 24.8 Å². The highest BCUT2D eigenvalue weighted by atomic mass is 79.9. The van der Waals surface area contributed by atoms with Crippen molar-refractivity contribution < 1.29 is 14.9 Å². The monoisotopic (exact) mass is 339 g/mol. The molecule has 0 saturated carbocycles. The van der Waals surface area contributed by atoms with Crippen molar-refractivity contribution in [2.45, 2.75) is 19.9 Å². The molecule has 1 aromatic rings. The van der Waals surface area contributed by atoms with Gasteiger partial charge in [-0.1, -0.05) is 29.8 Å². The second kappa shape index (κ2) is 6.61. The van der Waals surface area contributed by atoms with Crippen LogP contribution in [0.25, 0.3) is 0 Å². The summed E-state index contributed by atoms with van der Waals surface area (Å²) < 4.78 is 5.83. The molecule has 0 fully saturated rings. The summed E-state index contributed by atoms with van der Waals surface area (Å²) in [6.07, 6.45) is 0. The Hall–Kier alpha value is -0.490. The number of ether oxygens (including phenoxy) is 1. The molecule has 0 saturated heterocycles. The molecule has 4 N–H and O–H groups in total. The van der Waals surface area contributed by atoms with Gasteiger partial charge in [0.1, 0.15) is 0 Å². The van der Waals surface area contributed by atoms with Crippen molar-refractivity contribution in [1.82, 2.24) is 0 Å². The fourth-order valence-corrected chi connectivity index (χ4v) is 1.96. The van der Waals surface area contributed by atoms with E-state index in [1.54, 1.807) is 12.1 Å². The van der Waals surface area contributed by atoms with Gasteiger partial charge in [-0.2, -0.15) is 0 Å². The average Bonchev–Trinajstić information content (AvgIpc) is 2.30. The number of phenolic OH excluding ortho intramolecular Hbond substituents is 1. The van der Waals surface area contributed by atoms with Gasteiger partial charge in [-0.3, -0.25) is 0 Å². The summed E-state index contributed by atoms with van der Waals surface area (Å²) in [7, 11) is 1.48. The summed E-state index contributed by atoms with van der Waals surface area (Å²) in [6, 6.07) is 2.91. The van der Waals surface area contributed by atoms with E-state index >= 15 is 0 Å². The number of nitrogens with two attached hydrogens (primary N) is 1. The molecule has 1 rings (SSSR count). The standard InChI is InChI=1S/C12H18BrNO3.ClH/c1-12(2,6-15)11(14)8-4-7(13)5-9(17-3)10(8)16;/h4-5,11,15-16H,6,14H2,1-3H3;1H/t11-;/m1./s1. The second-order valence-electron chi connectivity index (χ2n) is 4.67. The minimum Gasteiger partial charge on any atom is -0.504 e. The molecule has 0 aliphatic heterocycles. The highest BCUT2D eigenvalue weighted by molar-refractivity contribution is 9.10. The molecule has 0 unspecified atom stereocenters. The molecule has 0 aliphatic rings. The third-order valence-electron chi connectivity index (χ3n) is 2.87. The first-order valence-electron chi connectivity index (χ1n) is 5.26. The van der Waals surface area contributed by atoms with Crippen LogP contribution in [0.2, 0.25) is 0 Å². The molecule has 0 spiro atoms. The van der Waals surface area contributed by atoms with Crippen LogP contribution >= 0.6 is 28.3 Å². The van der Waals surface area contributed by atoms with Gasteiger partial charge in [0.05, 0.1) is 7.11 Å². The zero-order chi connectivity index (χ0) is 13.2. The third-order valence-corrected chi connectivity index (χ3v) is 3.33. The van der Waals surface area contributed by atoms with Crippen molar-refractivity contribution in [3.8, 4) is 11.5 Å². The van der Waals surface area contributed by atoms with E-state index in [1.807, 2.05) is 13.8 Å². The lowest BCUT2D eigenvalue weighted by molar-refractivity contribution is 0.131. The van der Waals surface area contributed by atoms with Crippen molar-refractivity contribution in [2.24, 2.45) is 11.1 Å². The molecule has 0 amide bonds. The van der Waals surface area contributed by atoms with Crippen LogP contribution in [-0.4, -0.2) is 23.9 Å². The maximum absolute atomic E-state index is 10.0. The van der Waals surface area contributed by atoms with E-state index in [0.717, 1.165) is 4.47 Å². The van der Waals surface area contributed by atoms with E-state index in [2.05, 4.69) is 15.9 Å². The van der Waals surface area contributed by atoms with Crippen LogP contribution < -0.4 is 10.5 Å². The van der Waals surface area contributed by atoms with Gasteiger partial charge in [0.2, 0.25) is 0 Å². The fourth-order valence-electron chi connectivity index (χ4n) is 1.51. The van der Waals surface area contributed by atoms with Gasteiger partial charge in [0.25, 0.3) is 0 Å². The number of aliphatic hydroxyl groups is 1. The topological polar surface area (TPSA) is 75.7 Å². The highest BCUT2D eigenvalue weighted by Crippen LogP contribution is 2.41. The summed E-state index contributed by atoms with van der Waals surface area (Å²) in [5.74, 6) is 0.378. The molecule has 1 atom stereocenters. The molecule has 0 radical (unpaired) electrons. The van der Waals surface area contributed by atoms with Crippen LogP contribution in [-0.2, 0) is 0 Å². The van der Waals surface area contributed by atoms with Crippen molar-refractivity contribution in [1.29, 1.82) is 0 Å². The Morgan fingerprint density at radius 2 is 2.00 bits per heavy atom. The quantitative estimate of drug-likeness (QED) is 0.787. The predicted octanol–water partition coefficient (Wildman–Crippen LogP) is 2.60. The molecule has 4 nitrogen and oxygen atoms in total. The molecular formula is C12H19BrClNO3. The molecule has 0 aliphatic carbocycles. The molecule has 18 heavy (non-hydrogen) atoms. The van der Waals surface area contributed by atoms with Crippen molar-refractivity contribution in [3.05, 3.63) is 22.2 Å². The predicted molar refractivity (Wildman–Crippen MR) is 77.4 cm³/mol. The summed E-state index contributed by atoms with van der Waals surface area (Å²) >= 11 is 3.34. The van der Waals surface area contributed by atoms with Gasteiger partial charge in [-0.25, -0.2) is 0 Å². The van der Waals surface area contributed by atoms with E-state index < -0.39 is 11.5 Å². The summed E-state index contributed by atoms with van der Waals surface area (Å²) in [4.78, 5) is 0. The van der Waals surface area contributed by atoms with E-state index in [9.17, 15) is 10.2 Å². The van der Waals surface area contributed by atoms with E-state index in [1.165, 1.54) is 7.11 Å². The Balaban J connectivity index is 0.00000289. The number of methoxy groups -OCH3 is 1. The Labute approximate surface area is 122 Å². The number of phenols is 1.